The molecule has 22 heavy (non-hydrogen) atoms. The van der Waals surface area contributed by atoms with Crippen LogP contribution in [0.3, 0.4) is 0 Å². The second-order valence-electron chi connectivity index (χ2n) is 5.48. The first-order chi connectivity index (χ1) is 10.8. The van der Waals surface area contributed by atoms with E-state index in [9.17, 15) is 0 Å². The molecule has 0 fully saturated rings. The van der Waals surface area contributed by atoms with Crippen LogP contribution in [0.5, 0.6) is 0 Å². The lowest BCUT2D eigenvalue weighted by atomic mass is 10.0. The highest BCUT2D eigenvalue weighted by Crippen LogP contribution is 2.25. The third kappa shape index (κ3) is 5.24. The number of hydrogen-bond donors (Lipinski definition) is 0. The van der Waals surface area contributed by atoms with Crippen molar-refractivity contribution in [2.24, 2.45) is 0 Å². The molecule has 0 saturated heterocycles. The molecule has 2 aromatic rings. The summed E-state index contributed by atoms with van der Waals surface area (Å²) in [6.07, 6.45) is 6.70. The minimum atomic E-state index is 0.707. The lowest BCUT2D eigenvalue weighted by molar-refractivity contribution is 0.659. The van der Waals surface area contributed by atoms with Gasteiger partial charge in [-0.3, -0.25) is 0 Å². The van der Waals surface area contributed by atoms with Gasteiger partial charge in [0.25, 0.3) is 0 Å². The first kappa shape index (κ1) is 16.6. The molecule has 0 N–H and O–H groups in total. The van der Waals surface area contributed by atoms with E-state index in [-0.39, 0.29) is 0 Å². The maximum atomic E-state index is 8.83. The maximum absolute atomic E-state index is 8.83. The van der Waals surface area contributed by atoms with E-state index >= 15 is 0 Å². The number of unbranched alkanes of at least 4 members (excludes halogenated alkanes) is 4. The first-order valence-corrected chi connectivity index (χ1v) is 9.05. The van der Waals surface area contributed by atoms with Gasteiger partial charge in [0.05, 0.1) is 11.6 Å². The lowest BCUT2D eigenvalue weighted by Crippen LogP contribution is -1.83. The Bertz CT molecular complexity index is 593. The van der Waals surface area contributed by atoms with Gasteiger partial charge in [-0.05, 0) is 47.6 Å². The Hall–Kier alpha value is -1.72. The van der Waals surface area contributed by atoms with Crippen LogP contribution >= 0.6 is 11.8 Å². The zero-order chi connectivity index (χ0) is 15.6. The van der Waals surface area contributed by atoms with Crippen molar-refractivity contribution < 1.29 is 0 Å². The van der Waals surface area contributed by atoms with Crippen LogP contribution in [0.15, 0.2) is 53.4 Å². The highest BCUT2D eigenvalue weighted by Gasteiger charge is 1.99. The van der Waals surface area contributed by atoms with Gasteiger partial charge in [0.2, 0.25) is 0 Å². The van der Waals surface area contributed by atoms with Crippen LogP contribution in [-0.2, 0) is 0 Å². The molecule has 0 aliphatic carbocycles. The summed E-state index contributed by atoms with van der Waals surface area (Å²) in [6, 6.07) is 18.6. The minimum absolute atomic E-state index is 0.707. The van der Waals surface area contributed by atoms with Crippen molar-refractivity contribution in [3.63, 3.8) is 0 Å². The summed E-state index contributed by atoms with van der Waals surface area (Å²) in [5.74, 6) is 1.21. The summed E-state index contributed by atoms with van der Waals surface area (Å²) in [6.45, 7) is 2.25. The number of nitriles is 1. The molecular weight excluding hydrogens is 286 g/mol. The molecule has 0 unspecified atom stereocenters. The fraction of sp³-hybridized carbons (Fsp3) is 0.350. The average molecular weight is 309 g/mol. The van der Waals surface area contributed by atoms with E-state index in [1.165, 1.54) is 48.3 Å². The number of hydrogen-bond acceptors (Lipinski definition) is 2. The van der Waals surface area contributed by atoms with E-state index in [4.69, 9.17) is 5.26 Å². The zero-order valence-electron chi connectivity index (χ0n) is 13.2. The molecule has 0 bridgehead atoms. The Kier molecular flexibility index (Phi) is 7.06. The average Bonchev–Trinajstić information content (AvgIpc) is 2.59. The number of thioether (sulfide) groups is 1. The van der Waals surface area contributed by atoms with Gasteiger partial charge in [0.15, 0.2) is 0 Å². The van der Waals surface area contributed by atoms with Crippen molar-refractivity contribution in [1.82, 2.24) is 0 Å². The fourth-order valence-corrected chi connectivity index (χ4v) is 3.29. The molecule has 1 nitrogen and oxygen atoms in total. The molecule has 0 aliphatic heterocycles. The third-order valence-corrected chi connectivity index (χ3v) is 4.82. The predicted molar refractivity (Wildman–Crippen MR) is 96.1 cm³/mol. The minimum Gasteiger partial charge on any atom is -0.192 e. The first-order valence-electron chi connectivity index (χ1n) is 8.07. The normalized spacial score (nSPS) is 10.4. The molecule has 0 amide bonds. The van der Waals surface area contributed by atoms with Crippen LogP contribution < -0.4 is 0 Å². The largest absolute Gasteiger partial charge is 0.192 e. The van der Waals surface area contributed by atoms with Crippen LogP contribution in [0.2, 0.25) is 0 Å². The van der Waals surface area contributed by atoms with Crippen LogP contribution in [0.1, 0.15) is 44.6 Å². The van der Waals surface area contributed by atoms with Gasteiger partial charge in [-0.2, -0.15) is 5.26 Å². The Morgan fingerprint density at radius 2 is 1.41 bits per heavy atom. The molecule has 0 saturated carbocycles. The van der Waals surface area contributed by atoms with Crippen molar-refractivity contribution in [2.45, 2.75) is 43.9 Å². The Morgan fingerprint density at radius 1 is 0.818 bits per heavy atom. The van der Waals surface area contributed by atoms with Crippen molar-refractivity contribution in [2.75, 3.05) is 5.75 Å². The summed E-state index contributed by atoms with van der Waals surface area (Å²) < 4.78 is 0. The Morgan fingerprint density at radius 3 is 2.00 bits per heavy atom. The second kappa shape index (κ2) is 9.33. The summed E-state index contributed by atoms with van der Waals surface area (Å²) in [4.78, 5) is 1.34. The van der Waals surface area contributed by atoms with Gasteiger partial charge >= 0.3 is 0 Å². The molecular formula is C20H23NS. The van der Waals surface area contributed by atoms with E-state index in [1.54, 1.807) is 0 Å². The highest BCUT2D eigenvalue weighted by molar-refractivity contribution is 7.99. The van der Waals surface area contributed by atoms with Crippen molar-refractivity contribution in [3.8, 4) is 17.2 Å². The summed E-state index contributed by atoms with van der Waals surface area (Å²) in [5.41, 5.74) is 3.07. The van der Waals surface area contributed by atoms with E-state index in [0.717, 1.165) is 5.56 Å². The standard InChI is InChI=1S/C20H23NS/c1-2-3-4-5-6-15-22-20-13-11-19(12-14-20)18-9-7-17(16-21)8-10-18/h7-14H,2-6,15H2,1H3. The van der Waals surface area contributed by atoms with Gasteiger partial charge in [0, 0.05) is 4.90 Å². The van der Waals surface area contributed by atoms with Gasteiger partial charge in [-0.25, -0.2) is 0 Å². The molecule has 0 radical (unpaired) electrons. The van der Waals surface area contributed by atoms with Crippen LogP contribution in [-0.4, -0.2) is 5.75 Å². The molecule has 2 heteroatoms. The number of rotatable bonds is 8. The maximum Gasteiger partial charge on any atom is 0.0991 e. The van der Waals surface area contributed by atoms with Crippen molar-refractivity contribution in [3.05, 3.63) is 54.1 Å². The number of benzene rings is 2. The van der Waals surface area contributed by atoms with Crippen LogP contribution in [0.4, 0.5) is 0 Å². The molecule has 114 valence electrons. The molecule has 0 aliphatic rings. The lowest BCUT2D eigenvalue weighted by Gasteiger charge is -2.05. The quantitative estimate of drug-likeness (QED) is 0.423. The fourth-order valence-electron chi connectivity index (χ4n) is 2.38. The topological polar surface area (TPSA) is 23.8 Å². The number of nitrogens with zero attached hydrogens (tertiary/aromatic N) is 1. The van der Waals surface area contributed by atoms with Crippen LogP contribution in [0.25, 0.3) is 11.1 Å². The second-order valence-corrected chi connectivity index (χ2v) is 6.64. The van der Waals surface area contributed by atoms with Gasteiger partial charge < -0.3 is 0 Å². The Balaban J connectivity index is 1.83. The van der Waals surface area contributed by atoms with Gasteiger partial charge in [-0.15, -0.1) is 11.8 Å². The van der Waals surface area contributed by atoms with Crippen molar-refractivity contribution >= 4 is 11.8 Å². The van der Waals surface area contributed by atoms with E-state index in [2.05, 4.69) is 37.3 Å². The summed E-state index contributed by atoms with van der Waals surface area (Å²) >= 11 is 1.95. The van der Waals surface area contributed by atoms with Gasteiger partial charge in [0.1, 0.15) is 0 Å². The smallest absolute Gasteiger partial charge is 0.0991 e. The molecule has 2 rings (SSSR count). The molecule has 0 atom stereocenters. The third-order valence-electron chi connectivity index (χ3n) is 3.72. The zero-order valence-corrected chi connectivity index (χ0v) is 14.0. The van der Waals surface area contributed by atoms with Gasteiger partial charge in [-0.1, -0.05) is 56.9 Å². The molecule has 2 aromatic carbocycles. The molecule has 0 heterocycles. The van der Waals surface area contributed by atoms with E-state index < -0.39 is 0 Å². The molecule has 0 spiro atoms. The summed E-state index contributed by atoms with van der Waals surface area (Å²) in [7, 11) is 0. The highest BCUT2D eigenvalue weighted by atomic mass is 32.2. The monoisotopic (exact) mass is 309 g/mol. The van der Waals surface area contributed by atoms with Crippen molar-refractivity contribution in [1.29, 1.82) is 5.26 Å². The molecule has 0 aromatic heterocycles. The van der Waals surface area contributed by atoms with E-state index in [1.807, 2.05) is 36.0 Å². The summed E-state index contributed by atoms with van der Waals surface area (Å²) in [5, 5.41) is 8.83. The Labute approximate surface area is 138 Å². The SMILES string of the molecule is CCCCCCCSc1ccc(-c2ccc(C#N)cc2)cc1. The van der Waals surface area contributed by atoms with Crippen LogP contribution in [0, 0.1) is 11.3 Å². The predicted octanol–water partition coefficient (Wildman–Crippen LogP) is 6.29. The van der Waals surface area contributed by atoms with E-state index in [0.29, 0.717) is 5.56 Å².